The van der Waals surface area contributed by atoms with E-state index in [1.54, 1.807) is 48.4 Å². The van der Waals surface area contributed by atoms with Gasteiger partial charge in [-0.15, -0.1) is 0 Å². The van der Waals surface area contributed by atoms with Crippen LogP contribution in [0.25, 0.3) is 0 Å². The van der Waals surface area contributed by atoms with Crippen molar-refractivity contribution >= 4 is 17.6 Å². The summed E-state index contributed by atoms with van der Waals surface area (Å²) in [5.41, 5.74) is 2.40. The highest BCUT2D eigenvalue weighted by atomic mass is 28.4. The van der Waals surface area contributed by atoms with Crippen molar-refractivity contribution in [2.24, 2.45) is 0 Å². The van der Waals surface area contributed by atoms with Crippen LogP contribution in [0.4, 0.5) is 0 Å². The molecule has 0 N–H and O–H groups in total. The van der Waals surface area contributed by atoms with Crippen molar-refractivity contribution < 1.29 is 31.3 Å². The molecule has 1 atom stereocenters. The van der Waals surface area contributed by atoms with Crippen molar-refractivity contribution in [1.82, 2.24) is 0 Å². The summed E-state index contributed by atoms with van der Waals surface area (Å²) in [4.78, 5) is 0. The van der Waals surface area contributed by atoms with Crippen molar-refractivity contribution in [2.75, 3.05) is 49.3 Å². The normalized spacial score (nSPS) is 13.0. The Balaban J connectivity index is 0. The fraction of sp³-hybridized carbons (Fsp3) is 0.733. The van der Waals surface area contributed by atoms with E-state index >= 15 is 0 Å². The predicted molar refractivity (Wildman–Crippen MR) is 98.6 cm³/mol. The van der Waals surface area contributed by atoms with Crippen LogP contribution < -0.4 is 0 Å². The molecule has 0 fully saturated rings. The lowest BCUT2D eigenvalue weighted by Crippen LogP contribution is -2.55. The first kappa shape index (κ1) is 25.9. The zero-order chi connectivity index (χ0) is 19.2. The second-order valence-corrected chi connectivity index (χ2v) is 10.7. The molecular formula is C15H34O7Si2. The van der Waals surface area contributed by atoms with Gasteiger partial charge in [-0.2, -0.15) is 0 Å². The van der Waals surface area contributed by atoms with Crippen LogP contribution in [0, 0.1) is 0 Å². The van der Waals surface area contributed by atoms with Crippen LogP contribution in [0.15, 0.2) is 24.4 Å². The van der Waals surface area contributed by atoms with Crippen molar-refractivity contribution in [1.29, 1.82) is 0 Å². The van der Waals surface area contributed by atoms with Crippen LogP contribution in [0.2, 0.25) is 0 Å². The van der Waals surface area contributed by atoms with Crippen molar-refractivity contribution in [3.8, 4) is 0 Å². The zero-order valence-electron chi connectivity index (χ0n) is 16.3. The molecule has 0 spiro atoms. The molecule has 9 heteroatoms. The van der Waals surface area contributed by atoms with E-state index in [2.05, 4.69) is 13.2 Å². The van der Waals surface area contributed by atoms with E-state index in [-0.39, 0.29) is 5.73 Å². The van der Waals surface area contributed by atoms with Gasteiger partial charge in [-0.1, -0.05) is 25.7 Å². The Labute approximate surface area is 149 Å². The third-order valence-corrected chi connectivity index (χ3v) is 8.53. The summed E-state index contributed by atoms with van der Waals surface area (Å²) in [5.74, 6) is 0. The Bertz CT molecular complexity index is 328. The molecule has 144 valence electrons. The molecule has 1 unspecified atom stereocenters. The maximum absolute atomic E-state index is 5.68. The lowest BCUT2D eigenvalue weighted by atomic mass is 10.4. The lowest BCUT2D eigenvalue weighted by molar-refractivity contribution is 0.0199. The molecule has 0 aromatic carbocycles. The van der Waals surface area contributed by atoms with Gasteiger partial charge < -0.3 is 31.3 Å². The molecule has 0 heterocycles. The molecule has 0 saturated carbocycles. The fourth-order valence-electron chi connectivity index (χ4n) is 1.86. The van der Waals surface area contributed by atoms with Gasteiger partial charge >= 0.3 is 17.6 Å². The summed E-state index contributed by atoms with van der Waals surface area (Å²) in [6.07, 6.45) is 0.787. The van der Waals surface area contributed by atoms with Crippen LogP contribution in [-0.4, -0.2) is 72.6 Å². The molecule has 0 saturated heterocycles. The summed E-state index contributed by atoms with van der Waals surface area (Å²) in [6, 6.07) is 0. The highest BCUT2D eigenvalue weighted by molar-refractivity contribution is 6.66. The third-order valence-electron chi connectivity index (χ3n) is 3.25. The van der Waals surface area contributed by atoms with Gasteiger partial charge in [0.2, 0.25) is 0 Å². The minimum absolute atomic E-state index is 0.144. The standard InChI is InChI=1S/C10H22O4Si.C5H12O3Si/c1-7-10(14-8-9(2)3)15(11-4,12-5)13-6;1-5-9(6-2,7-3)8-4/h10H,2,7-8H2,1,3-6H3;5H,1H2,2-4H3. The van der Waals surface area contributed by atoms with E-state index in [1.165, 1.54) is 0 Å². The van der Waals surface area contributed by atoms with E-state index in [9.17, 15) is 0 Å². The Morgan fingerprint density at radius 1 is 0.917 bits per heavy atom. The average Bonchev–Trinajstić information content (AvgIpc) is 2.62. The van der Waals surface area contributed by atoms with Crippen molar-refractivity contribution in [3.63, 3.8) is 0 Å². The second-order valence-electron chi connectivity index (χ2n) is 4.80. The lowest BCUT2D eigenvalue weighted by Gasteiger charge is -2.31. The summed E-state index contributed by atoms with van der Waals surface area (Å²) >= 11 is 0. The zero-order valence-corrected chi connectivity index (χ0v) is 18.3. The smallest absolute Gasteiger partial charge is 0.375 e. The van der Waals surface area contributed by atoms with Gasteiger partial charge in [0.25, 0.3) is 0 Å². The molecule has 0 aliphatic heterocycles. The van der Waals surface area contributed by atoms with Gasteiger partial charge in [0.05, 0.1) is 6.61 Å². The van der Waals surface area contributed by atoms with E-state index in [4.69, 9.17) is 31.3 Å². The maximum atomic E-state index is 5.68. The molecule has 0 radical (unpaired) electrons. The van der Waals surface area contributed by atoms with Gasteiger partial charge in [-0.25, -0.2) is 0 Å². The van der Waals surface area contributed by atoms with Gasteiger partial charge in [-0.05, 0) is 19.0 Å². The molecule has 0 amide bonds. The topological polar surface area (TPSA) is 64.6 Å². The quantitative estimate of drug-likeness (QED) is 0.379. The Morgan fingerprint density at radius 3 is 1.50 bits per heavy atom. The largest absolute Gasteiger partial charge is 0.530 e. The maximum Gasteiger partial charge on any atom is 0.530 e. The molecule has 7 nitrogen and oxygen atoms in total. The second kappa shape index (κ2) is 13.9. The minimum atomic E-state index is -2.68. The van der Waals surface area contributed by atoms with Crippen LogP contribution in [0.1, 0.15) is 20.3 Å². The fourth-order valence-corrected chi connectivity index (χ4v) is 4.93. The minimum Gasteiger partial charge on any atom is -0.375 e. The molecule has 0 rings (SSSR count). The summed E-state index contributed by atoms with van der Waals surface area (Å²) < 4.78 is 36.6. The summed E-state index contributed by atoms with van der Waals surface area (Å²) in [6.45, 7) is 11.8. The molecule has 0 aromatic heterocycles. The first-order valence-corrected chi connectivity index (χ1v) is 11.1. The molecule has 24 heavy (non-hydrogen) atoms. The van der Waals surface area contributed by atoms with Crippen LogP contribution in [0.3, 0.4) is 0 Å². The molecule has 0 aliphatic carbocycles. The highest BCUT2D eigenvalue weighted by Gasteiger charge is 2.47. The van der Waals surface area contributed by atoms with Gasteiger partial charge in [0.15, 0.2) is 0 Å². The Kier molecular flexibility index (Phi) is 15.0. The van der Waals surface area contributed by atoms with Crippen molar-refractivity contribution in [3.05, 3.63) is 24.4 Å². The summed E-state index contributed by atoms with van der Waals surface area (Å²) in [5, 5.41) is 0. The predicted octanol–water partition coefficient (Wildman–Crippen LogP) is 2.36. The van der Waals surface area contributed by atoms with Crippen LogP contribution >= 0.6 is 0 Å². The molecular weight excluding hydrogens is 348 g/mol. The number of hydrogen-bond acceptors (Lipinski definition) is 7. The molecule has 0 bridgehead atoms. The average molecular weight is 383 g/mol. The van der Waals surface area contributed by atoms with Gasteiger partial charge in [0, 0.05) is 42.7 Å². The third kappa shape index (κ3) is 8.14. The van der Waals surface area contributed by atoms with Gasteiger partial charge in [-0.3, -0.25) is 0 Å². The van der Waals surface area contributed by atoms with E-state index < -0.39 is 17.6 Å². The number of hydrogen-bond donors (Lipinski definition) is 0. The van der Waals surface area contributed by atoms with Crippen LogP contribution in [0.5, 0.6) is 0 Å². The molecule has 0 aromatic rings. The molecule has 0 aliphatic rings. The van der Waals surface area contributed by atoms with E-state index in [0.29, 0.717) is 6.61 Å². The first-order chi connectivity index (χ1) is 11.3. The number of rotatable bonds is 12. The summed E-state index contributed by atoms with van der Waals surface area (Å²) in [7, 11) is 4.29. The SMILES string of the molecule is C=C(C)COC(CC)[Si](OC)(OC)OC.C=C[Si](OC)(OC)OC. The number of ether oxygens (including phenoxy) is 1. The van der Waals surface area contributed by atoms with Gasteiger partial charge in [0.1, 0.15) is 5.73 Å². The Hall–Kier alpha value is -0.366. The van der Waals surface area contributed by atoms with Crippen LogP contribution in [-0.2, 0) is 31.3 Å². The first-order valence-electron chi connectivity index (χ1n) is 7.51. The monoisotopic (exact) mass is 382 g/mol. The van der Waals surface area contributed by atoms with E-state index in [1.807, 2.05) is 13.8 Å². The van der Waals surface area contributed by atoms with Crippen molar-refractivity contribution in [2.45, 2.75) is 26.0 Å². The Morgan fingerprint density at radius 2 is 1.33 bits per heavy atom. The van der Waals surface area contributed by atoms with E-state index in [0.717, 1.165) is 12.0 Å². The highest BCUT2D eigenvalue weighted by Crippen LogP contribution is 2.18.